The Morgan fingerprint density at radius 1 is 1.09 bits per heavy atom. The normalized spacial score (nSPS) is 11.4. The molecule has 1 heterocycles. The van der Waals surface area contributed by atoms with E-state index in [2.05, 4.69) is 10.6 Å². The summed E-state index contributed by atoms with van der Waals surface area (Å²) < 4.78 is 33.6. The first-order chi connectivity index (χ1) is 16.3. The first-order valence-electron chi connectivity index (χ1n) is 11.1. The summed E-state index contributed by atoms with van der Waals surface area (Å²) in [6.07, 6.45) is 3.35. The summed E-state index contributed by atoms with van der Waals surface area (Å²) in [5.74, 6) is -0.388. The molecule has 2 aromatic carbocycles. The van der Waals surface area contributed by atoms with Gasteiger partial charge in [0.25, 0.3) is 10.0 Å². The lowest BCUT2D eigenvalue weighted by molar-refractivity contribution is -0.136. The summed E-state index contributed by atoms with van der Waals surface area (Å²) in [6, 6.07) is 10.6. The Balaban J connectivity index is 1.91. The number of unbranched alkanes of at least 4 members (excludes halogenated alkanes) is 1. The largest absolute Gasteiger partial charge is 0.494 e. The van der Waals surface area contributed by atoms with Gasteiger partial charge in [-0.2, -0.15) is 0 Å². The van der Waals surface area contributed by atoms with Crippen molar-refractivity contribution in [1.29, 1.82) is 0 Å². The van der Waals surface area contributed by atoms with E-state index in [-0.39, 0.29) is 23.8 Å². The van der Waals surface area contributed by atoms with Gasteiger partial charge >= 0.3 is 12.0 Å². The number of ether oxygens (including phenoxy) is 1. The number of aryl methyl sites for hydroxylation is 1. The van der Waals surface area contributed by atoms with E-state index in [0.717, 1.165) is 16.8 Å². The van der Waals surface area contributed by atoms with Gasteiger partial charge in [0.2, 0.25) is 0 Å². The zero-order valence-corrected chi connectivity index (χ0v) is 20.0. The first kappa shape index (κ1) is 25.1. The minimum Gasteiger partial charge on any atom is -0.494 e. The molecule has 10 heteroatoms. The molecule has 34 heavy (non-hydrogen) atoms. The van der Waals surface area contributed by atoms with Gasteiger partial charge in [0.15, 0.2) is 0 Å². The highest BCUT2D eigenvalue weighted by Gasteiger charge is 2.22. The number of rotatable bonds is 11. The molecule has 0 fully saturated rings. The summed E-state index contributed by atoms with van der Waals surface area (Å²) in [7, 11) is -3.97. The highest BCUT2D eigenvalue weighted by molar-refractivity contribution is 7.90. The molecule has 3 aromatic rings. The van der Waals surface area contributed by atoms with E-state index >= 15 is 0 Å². The number of aromatic nitrogens is 1. The van der Waals surface area contributed by atoms with Crippen LogP contribution in [0.3, 0.4) is 0 Å². The Morgan fingerprint density at radius 3 is 2.47 bits per heavy atom. The number of carbonyl (C=O) groups excluding carboxylic acids is 1. The molecule has 0 saturated carbocycles. The second-order valence-corrected chi connectivity index (χ2v) is 9.53. The van der Waals surface area contributed by atoms with Crippen LogP contribution in [0.5, 0.6) is 5.75 Å². The van der Waals surface area contributed by atoms with Crippen molar-refractivity contribution in [1.82, 2.24) is 9.29 Å². The second kappa shape index (κ2) is 11.1. The highest BCUT2D eigenvalue weighted by atomic mass is 32.2. The molecule has 0 unspecified atom stereocenters. The van der Waals surface area contributed by atoms with E-state index in [4.69, 9.17) is 9.84 Å². The molecule has 0 radical (unpaired) electrons. The van der Waals surface area contributed by atoms with Crippen molar-refractivity contribution in [3.05, 3.63) is 54.2 Å². The number of urea groups is 1. The average Bonchev–Trinajstić information content (AvgIpc) is 3.17. The number of nitrogens with zero attached hydrogens (tertiary/aromatic N) is 1. The Kier molecular flexibility index (Phi) is 8.17. The third-order valence-corrected chi connectivity index (χ3v) is 6.92. The lowest BCUT2D eigenvalue weighted by Gasteiger charge is -2.10. The predicted octanol–water partition coefficient (Wildman–Crippen LogP) is 4.22. The standard InChI is InChI=1S/C24H29N3O6S/c1-3-5-14-25-24(30)26-18-7-10-20(11-8-18)34(31,32)27-16-17(6-13-23(28)29)21-15-19(33-4-2)9-12-22(21)27/h7-12,15-16H,3-6,13-14H2,1-2H3,(H,28,29)(H2,25,26,30). The molecule has 182 valence electrons. The fourth-order valence-electron chi connectivity index (χ4n) is 3.52. The molecule has 2 amide bonds. The molecule has 0 aliphatic heterocycles. The van der Waals surface area contributed by atoms with E-state index < -0.39 is 16.0 Å². The van der Waals surface area contributed by atoms with Crippen LogP contribution >= 0.6 is 0 Å². The minimum absolute atomic E-state index is 0.0417. The van der Waals surface area contributed by atoms with Crippen LogP contribution in [-0.4, -0.2) is 42.6 Å². The summed E-state index contributed by atoms with van der Waals surface area (Å²) in [4.78, 5) is 23.1. The fraction of sp³-hybridized carbons (Fsp3) is 0.333. The van der Waals surface area contributed by atoms with Crippen molar-refractivity contribution in [3.8, 4) is 5.75 Å². The van der Waals surface area contributed by atoms with Crippen molar-refractivity contribution in [3.63, 3.8) is 0 Å². The smallest absolute Gasteiger partial charge is 0.319 e. The van der Waals surface area contributed by atoms with Crippen LogP contribution in [0.1, 0.15) is 38.7 Å². The lowest BCUT2D eigenvalue weighted by Crippen LogP contribution is -2.29. The summed E-state index contributed by atoms with van der Waals surface area (Å²) in [5, 5.41) is 15.1. The van der Waals surface area contributed by atoms with Gasteiger partial charge in [-0.25, -0.2) is 17.2 Å². The Labute approximate surface area is 198 Å². The third kappa shape index (κ3) is 5.88. The molecule has 0 aliphatic carbocycles. The SMILES string of the molecule is CCCCNC(=O)Nc1ccc(S(=O)(=O)n2cc(CCC(=O)O)c3cc(OCC)ccc32)cc1. The maximum Gasteiger partial charge on any atom is 0.319 e. The second-order valence-electron chi connectivity index (χ2n) is 7.72. The van der Waals surface area contributed by atoms with E-state index in [1.807, 2.05) is 13.8 Å². The van der Waals surface area contributed by atoms with Gasteiger partial charge in [0.05, 0.1) is 17.0 Å². The summed E-state index contributed by atoms with van der Waals surface area (Å²) in [5.41, 5.74) is 1.50. The number of carboxylic acids is 1. The molecule has 0 aliphatic rings. The van der Waals surface area contributed by atoms with Crippen LogP contribution in [0.2, 0.25) is 0 Å². The molecule has 3 N–H and O–H groups in total. The van der Waals surface area contributed by atoms with Gasteiger partial charge in [-0.15, -0.1) is 0 Å². The highest BCUT2D eigenvalue weighted by Crippen LogP contribution is 2.30. The van der Waals surface area contributed by atoms with E-state index in [0.29, 0.717) is 41.1 Å². The molecule has 1 aromatic heterocycles. The molecule has 0 saturated heterocycles. The molecule has 0 spiro atoms. The number of fused-ring (bicyclic) bond motifs is 1. The van der Waals surface area contributed by atoms with Crippen molar-refractivity contribution in [2.24, 2.45) is 0 Å². The van der Waals surface area contributed by atoms with Crippen LogP contribution in [0.25, 0.3) is 10.9 Å². The molecular weight excluding hydrogens is 458 g/mol. The third-order valence-electron chi connectivity index (χ3n) is 5.23. The minimum atomic E-state index is -3.97. The first-order valence-corrected chi connectivity index (χ1v) is 12.6. The number of hydrogen-bond donors (Lipinski definition) is 3. The zero-order chi connectivity index (χ0) is 24.7. The topological polar surface area (TPSA) is 127 Å². The maximum absolute atomic E-state index is 13.4. The van der Waals surface area contributed by atoms with Crippen LogP contribution in [0.15, 0.2) is 53.6 Å². The van der Waals surface area contributed by atoms with E-state index in [9.17, 15) is 18.0 Å². The van der Waals surface area contributed by atoms with Crippen LogP contribution in [0, 0.1) is 0 Å². The molecular formula is C24H29N3O6S. The Bertz CT molecular complexity index is 1270. The number of hydrogen-bond acceptors (Lipinski definition) is 5. The summed E-state index contributed by atoms with van der Waals surface area (Å²) >= 11 is 0. The quantitative estimate of drug-likeness (QED) is 0.348. The Morgan fingerprint density at radius 2 is 1.82 bits per heavy atom. The predicted molar refractivity (Wildman–Crippen MR) is 130 cm³/mol. The molecule has 3 rings (SSSR count). The van der Waals surface area contributed by atoms with Crippen molar-refractivity contribution >= 4 is 38.6 Å². The van der Waals surface area contributed by atoms with E-state index in [1.54, 1.807) is 18.2 Å². The van der Waals surface area contributed by atoms with Gasteiger partial charge in [-0.1, -0.05) is 13.3 Å². The van der Waals surface area contributed by atoms with Crippen LogP contribution < -0.4 is 15.4 Å². The van der Waals surface area contributed by atoms with Crippen molar-refractivity contribution in [2.75, 3.05) is 18.5 Å². The van der Waals surface area contributed by atoms with Crippen LogP contribution in [0.4, 0.5) is 10.5 Å². The zero-order valence-electron chi connectivity index (χ0n) is 19.2. The average molecular weight is 488 g/mol. The van der Waals surface area contributed by atoms with Crippen molar-refractivity contribution < 1.29 is 27.9 Å². The molecule has 0 atom stereocenters. The van der Waals surface area contributed by atoms with E-state index in [1.165, 1.54) is 30.5 Å². The number of carboxylic acid groups (broad SMARTS) is 1. The van der Waals surface area contributed by atoms with Gasteiger partial charge in [0, 0.05) is 30.2 Å². The monoisotopic (exact) mass is 487 g/mol. The lowest BCUT2D eigenvalue weighted by atomic mass is 10.1. The number of amides is 2. The van der Waals surface area contributed by atoms with Gasteiger partial charge < -0.3 is 20.5 Å². The number of aliphatic carboxylic acids is 1. The van der Waals surface area contributed by atoms with Gasteiger partial charge in [-0.3, -0.25) is 4.79 Å². The molecule has 9 nitrogen and oxygen atoms in total. The van der Waals surface area contributed by atoms with Gasteiger partial charge in [-0.05, 0) is 67.8 Å². The van der Waals surface area contributed by atoms with Crippen molar-refractivity contribution in [2.45, 2.75) is 44.4 Å². The van der Waals surface area contributed by atoms with Crippen LogP contribution in [-0.2, 0) is 21.2 Å². The maximum atomic E-state index is 13.4. The number of benzene rings is 2. The number of anilines is 1. The molecule has 0 bridgehead atoms. The van der Waals surface area contributed by atoms with Gasteiger partial charge in [0.1, 0.15) is 5.75 Å². The number of nitrogens with one attached hydrogen (secondary N) is 2. The Hall–Kier alpha value is -3.53. The fourth-order valence-corrected chi connectivity index (χ4v) is 4.91. The number of carbonyl (C=O) groups is 2. The summed E-state index contributed by atoms with van der Waals surface area (Å²) in [6.45, 7) is 4.88.